The number of rotatable bonds is 7. The van der Waals surface area contributed by atoms with E-state index < -0.39 is 0 Å². The van der Waals surface area contributed by atoms with E-state index in [1.807, 2.05) is 24.3 Å². The van der Waals surface area contributed by atoms with E-state index in [2.05, 4.69) is 21.2 Å². The summed E-state index contributed by atoms with van der Waals surface area (Å²) in [7, 11) is 1.59. The number of nitrogens with one attached hydrogen (secondary N) is 1. The van der Waals surface area contributed by atoms with Gasteiger partial charge in [-0.1, -0.05) is 68.4 Å². The SMILES string of the molecule is COc1cc(CNc2cc(Cl)cc(Cl)c2)c(Br)cc1OCc1c(Cl)cccc1Cl. The average molecular weight is 536 g/mol. The van der Waals surface area contributed by atoms with E-state index in [0.717, 1.165) is 21.3 Å². The molecule has 1 N–H and O–H groups in total. The zero-order chi connectivity index (χ0) is 21.0. The Bertz CT molecular complexity index is 989. The molecule has 0 spiro atoms. The highest BCUT2D eigenvalue weighted by molar-refractivity contribution is 9.10. The van der Waals surface area contributed by atoms with Crippen molar-refractivity contribution in [2.75, 3.05) is 12.4 Å². The number of methoxy groups -OCH3 is 1. The van der Waals surface area contributed by atoms with E-state index in [9.17, 15) is 0 Å². The topological polar surface area (TPSA) is 30.5 Å². The molecule has 0 fully saturated rings. The van der Waals surface area contributed by atoms with Crippen molar-refractivity contribution in [3.05, 3.63) is 84.2 Å². The molecule has 3 nitrogen and oxygen atoms in total. The monoisotopic (exact) mass is 533 g/mol. The second-order valence-corrected chi connectivity index (χ2v) is 8.64. The molecular weight excluding hydrogens is 520 g/mol. The fourth-order valence-electron chi connectivity index (χ4n) is 2.66. The molecule has 0 saturated heterocycles. The summed E-state index contributed by atoms with van der Waals surface area (Å²) in [6.45, 7) is 0.754. The molecule has 0 saturated carbocycles. The first kappa shape index (κ1) is 22.4. The first-order valence-electron chi connectivity index (χ1n) is 8.49. The first-order chi connectivity index (χ1) is 13.9. The predicted octanol–water partition coefficient (Wildman–Crippen LogP) is 8.26. The minimum atomic E-state index is 0.222. The molecular formula is C21H16BrCl4NO2. The highest BCUT2D eigenvalue weighted by Crippen LogP contribution is 2.36. The van der Waals surface area contributed by atoms with Gasteiger partial charge in [0.1, 0.15) is 6.61 Å². The van der Waals surface area contributed by atoms with Gasteiger partial charge in [0.25, 0.3) is 0 Å². The van der Waals surface area contributed by atoms with Gasteiger partial charge in [-0.15, -0.1) is 0 Å². The molecule has 152 valence electrons. The van der Waals surface area contributed by atoms with Gasteiger partial charge in [0.15, 0.2) is 11.5 Å². The Morgan fingerprint density at radius 2 is 1.55 bits per heavy atom. The second kappa shape index (κ2) is 10.1. The molecule has 0 aliphatic heterocycles. The molecule has 0 heterocycles. The molecule has 0 unspecified atom stereocenters. The third-order valence-electron chi connectivity index (χ3n) is 4.11. The van der Waals surface area contributed by atoms with E-state index in [1.54, 1.807) is 31.4 Å². The van der Waals surface area contributed by atoms with Crippen molar-refractivity contribution in [3.8, 4) is 11.5 Å². The molecule has 3 aromatic rings. The third-order valence-corrected chi connectivity index (χ3v) is 5.99. The van der Waals surface area contributed by atoms with Crippen molar-refractivity contribution in [2.24, 2.45) is 0 Å². The number of benzene rings is 3. The van der Waals surface area contributed by atoms with E-state index >= 15 is 0 Å². The van der Waals surface area contributed by atoms with Crippen molar-refractivity contribution in [3.63, 3.8) is 0 Å². The minimum Gasteiger partial charge on any atom is -0.493 e. The number of hydrogen-bond acceptors (Lipinski definition) is 3. The van der Waals surface area contributed by atoms with Crippen LogP contribution in [0.2, 0.25) is 20.1 Å². The number of halogens is 5. The van der Waals surface area contributed by atoms with Gasteiger partial charge in [-0.2, -0.15) is 0 Å². The summed E-state index contributed by atoms with van der Waals surface area (Å²) in [4.78, 5) is 0. The van der Waals surface area contributed by atoms with Gasteiger partial charge >= 0.3 is 0 Å². The predicted molar refractivity (Wildman–Crippen MR) is 125 cm³/mol. The van der Waals surface area contributed by atoms with Gasteiger partial charge in [-0.25, -0.2) is 0 Å². The minimum absolute atomic E-state index is 0.222. The Labute approximate surface area is 197 Å². The van der Waals surface area contributed by atoms with Crippen LogP contribution in [0.25, 0.3) is 0 Å². The Balaban J connectivity index is 1.76. The van der Waals surface area contributed by atoms with Gasteiger partial charge in [-0.3, -0.25) is 0 Å². The molecule has 0 aromatic heterocycles. The molecule has 0 atom stereocenters. The molecule has 3 rings (SSSR count). The largest absolute Gasteiger partial charge is 0.493 e. The Morgan fingerprint density at radius 3 is 2.17 bits per heavy atom. The van der Waals surface area contributed by atoms with Crippen LogP contribution < -0.4 is 14.8 Å². The van der Waals surface area contributed by atoms with Crippen molar-refractivity contribution >= 4 is 68.0 Å². The second-order valence-electron chi connectivity index (χ2n) is 6.10. The van der Waals surface area contributed by atoms with Gasteiger partial charge in [-0.05, 0) is 48.0 Å². The summed E-state index contributed by atoms with van der Waals surface area (Å²) in [6.07, 6.45) is 0. The lowest BCUT2D eigenvalue weighted by Gasteiger charge is -2.16. The molecule has 0 bridgehead atoms. The van der Waals surface area contributed by atoms with Crippen LogP contribution in [0.3, 0.4) is 0 Å². The molecule has 29 heavy (non-hydrogen) atoms. The highest BCUT2D eigenvalue weighted by Gasteiger charge is 2.13. The summed E-state index contributed by atoms with van der Waals surface area (Å²) in [6, 6.07) is 14.4. The van der Waals surface area contributed by atoms with Crippen LogP contribution in [0.5, 0.6) is 11.5 Å². The first-order valence-corrected chi connectivity index (χ1v) is 10.8. The van der Waals surface area contributed by atoms with E-state index in [4.69, 9.17) is 55.9 Å². The molecule has 0 aliphatic rings. The summed E-state index contributed by atoms with van der Waals surface area (Å²) in [5, 5.41) is 5.54. The number of anilines is 1. The fourth-order valence-corrected chi connectivity index (χ4v) is 4.15. The van der Waals surface area contributed by atoms with E-state index in [1.165, 1.54) is 0 Å². The standard InChI is InChI=1S/C21H16BrCl4NO2/c1-28-20-5-12(10-27-15-7-13(23)6-14(24)8-15)17(22)9-21(20)29-11-16-18(25)3-2-4-19(16)26/h2-9,27H,10-11H2,1H3. The van der Waals surface area contributed by atoms with Crippen molar-refractivity contribution < 1.29 is 9.47 Å². The summed E-state index contributed by atoms with van der Waals surface area (Å²) in [5.74, 6) is 1.17. The number of ether oxygens (including phenoxy) is 2. The maximum absolute atomic E-state index is 6.22. The van der Waals surface area contributed by atoms with E-state index in [-0.39, 0.29) is 6.61 Å². The van der Waals surface area contributed by atoms with Crippen LogP contribution in [0.1, 0.15) is 11.1 Å². The zero-order valence-corrected chi connectivity index (χ0v) is 19.8. The van der Waals surface area contributed by atoms with Crippen LogP contribution in [-0.4, -0.2) is 7.11 Å². The molecule has 0 radical (unpaired) electrons. The van der Waals surface area contributed by atoms with E-state index in [0.29, 0.717) is 38.1 Å². The Morgan fingerprint density at radius 1 is 0.897 bits per heavy atom. The van der Waals surface area contributed by atoms with Gasteiger partial charge < -0.3 is 14.8 Å². The van der Waals surface area contributed by atoms with Crippen LogP contribution in [0.4, 0.5) is 5.69 Å². The fraction of sp³-hybridized carbons (Fsp3) is 0.143. The lowest BCUT2D eigenvalue weighted by atomic mass is 10.2. The molecule has 8 heteroatoms. The van der Waals surface area contributed by atoms with Gasteiger partial charge in [0.05, 0.1) is 7.11 Å². The lowest BCUT2D eigenvalue weighted by Crippen LogP contribution is -2.03. The lowest BCUT2D eigenvalue weighted by molar-refractivity contribution is 0.284. The Kier molecular flexibility index (Phi) is 7.83. The molecule has 0 amide bonds. The van der Waals surface area contributed by atoms with Crippen molar-refractivity contribution in [1.29, 1.82) is 0 Å². The average Bonchev–Trinajstić information content (AvgIpc) is 2.66. The highest BCUT2D eigenvalue weighted by atomic mass is 79.9. The van der Waals surface area contributed by atoms with Crippen LogP contribution in [-0.2, 0) is 13.2 Å². The van der Waals surface area contributed by atoms with Crippen molar-refractivity contribution in [1.82, 2.24) is 0 Å². The summed E-state index contributed by atoms with van der Waals surface area (Å²) in [5.41, 5.74) is 2.51. The molecule has 3 aromatic carbocycles. The molecule has 0 aliphatic carbocycles. The van der Waals surface area contributed by atoms with Gasteiger partial charge in [0, 0.05) is 42.4 Å². The normalized spacial score (nSPS) is 10.7. The van der Waals surface area contributed by atoms with Crippen LogP contribution in [0, 0.1) is 0 Å². The maximum Gasteiger partial charge on any atom is 0.162 e. The Hall–Kier alpha value is -1.30. The summed E-state index contributed by atoms with van der Waals surface area (Å²) >= 11 is 28.1. The van der Waals surface area contributed by atoms with Gasteiger partial charge in [0.2, 0.25) is 0 Å². The zero-order valence-electron chi connectivity index (χ0n) is 15.2. The van der Waals surface area contributed by atoms with Crippen molar-refractivity contribution in [2.45, 2.75) is 13.2 Å². The third kappa shape index (κ3) is 5.87. The van der Waals surface area contributed by atoms with Crippen LogP contribution in [0.15, 0.2) is 53.0 Å². The van der Waals surface area contributed by atoms with Crippen LogP contribution >= 0.6 is 62.3 Å². The maximum atomic E-state index is 6.22. The number of hydrogen-bond donors (Lipinski definition) is 1. The quantitative estimate of drug-likeness (QED) is 0.330. The smallest absolute Gasteiger partial charge is 0.162 e. The summed E-state index contributed by atoms with van der Waals surface area (Å²) < 4.78 is 12.3.